The van der Waals surface area contributed by atoms with E-state index in [-0.39, 0.29) is 0 Å². The second-order valence-corrected chi connectivity index (χ2v) is 12.2. The van der Waals surface area contributed by atoms with Crippen LogP contribution in [0.4, 0.5) is 0 Å². The number of rotatable bonds is 6. The van der Waals surface area contributed by atoms with Gasteiger partial charge in [0, 0.05) is 6.42 Å². The Morgan fingerprint density at radius 3 is 2.39 bits per heavy atom. The van der Waals surface area contributed by atoms with Crippen LogP contribution >= 0.6 is 0 Å². The maximum atomic E-state index is 4.77. The first-order chi connectivity index (χ1) is 17.3. The first-order valence-electron chi connectivity index (χ1n) is 14.1. The van der Waals surface area contributed by atoms with Gasteiger partial charge < -0.3 is 0 Å². The number of hydrogen-bond donors (Lipinski definition) is 0. The normalized spacial score (nSPS) is 27.6. The third-order valence-electron chi connectivity index (χ3n) is 9.30. The molecule has 0 radical (unpaired) electrons. The van der Waals surface area contributed by atoms with Crippen LogP contribution in [0.15, 0.2) is 59.2 Å². The van der Waals surface area contributed by atoms with Crippen LogP contribution in [-0.2, 0) is 0 Å². The highest BCUT2D eigenvalue weighted by atomic mass is 15.5. The number of quaternary nitrogens is 1. The van der Waals surface area contributed by atoms with Crippen LogP contribution in [-0.4, -0.2) is 30.2 Å². The van der Waals surface area contributed by atoms with Crippen molar-refractivity contribution in [1.29, 1.82) is 0 Å². The van der Waals surface area contributed by atoms with E-state index in [1.807, 2.05) is 0 Å². The number of allylic oxidation sites excluding steroid dienone is 1. The van der Waals surface area contributed by atoms with Gasteiger partial charge in [0.2, 0.25) is 5.84 Å². The minimum atomic E-state index is 0.543. The molecule has 2 aromatic carbocycles. The fourth-order valence-electron chi connectivity index (χ4n) is 6.53. The molecular formula is C33H44N3+. The van der Waals surface area contributed by atoms with Crippen LogP contribution in [0.2, 0.25) is 0 Å². The molecule has 0 bridgehead atoms. The monoisotopic (exact) mass is 482 g/mol. The Kier molecular flexibility index (Phi) is 7.05. The van der Waals surface area contributed by atoms with Gasteiger partial charge in [0.25, 0.3) is 5.84 Å². The molecule has 3 nitrogen and oxygen atoms in total. The molecule has 4 unspecified atom stereocenters. The van der Waals surface area contributed by atoms with Crippen molar-refractivity contribution in [3.05, 3.63) is 76.9 Å². The van der Waals surface area contributed by atoms with Crippen molar-refractivity contribution in [3.63, 3.8) is 0 Å². The number of nitrogens with zero attached hydrogens (tertiary/aromatic N) is 3. The zero-order chi connectivity index (χ0) is 25.4. The Morgan fingerprint density at radius 1 is 0.944 bits per heavy atom. The van der Waals surface area contributed by atoms with Gasteiger partial charge in [-0.15, -0.1) is 0 Å². The van der Waals surface area contributed by atoms with Gasteiger partial charge in [0.1, 0.15) is 0 Å². The fraction of sp³-hybridized carbons (Fsp3) is 0.515. The zero-order valence-electron chi connectivity index (χ0n) is 23.1. The van der Waals surface area contributed by atoms with Gasteiger partial charge in [0.15, 0.2) is 0 Å². The zero-order valence-corrected chi connectivity index (χ0v) is 23.1. The predicted molar refractivity (Wildman–Crippen MR) is 153 cm³/mol. The van der Waals surface area contributed by atoms with E-state index in [0.717, 1.165) is 24.1 Å². The molecule has 2 aromatic rings. The summed E-state index contributed by atoms with van der Waals surface area (Å²) in [6.07, 6.45) is 10.0. The van der Waals surface area contributed by atoms with Gasteiger partial charge in [-0.2, -0.15) is 0 Å². The molecule has 0 amide bonds. The molecule has 2 saturated carbocycles. The van der Waals surface area contributed by atoms with Gasteiger partial charge in [-0.05, 0) is 104 Å². The predicted octanol–water partition coefficient (Wildman–Crippen LogP) is 8.27. The lowest BCUT2D eigenvalue weighted by Crippen LogP contribution is -2.48. The topological polar surface area (TPSA) is 24.7 Å². The quantitative estimate of drug-likeness (QED) is 0.370. The van der Waals surface area contributed by atoms with E-state index in [2.05, 4.69) is 77.3 Å². The van der Waals surface area contributed by atoms with Crippen LogP contribution in [0, 0.1) is 31.6 Å². The molecule has 1 heterocycles. The molecule has 3 aliphatic rings. The van der Waals surface area contributed by atoms with E-state index in [4.69, 9.17) is 16.8 Å². The Labute approximate surface area is 218 Å². The molecule has 0 aromatic heterocycles. The van der Waals surface area contributed by atoms with E-state index in [9.17, 15) is 0 Å². The average Bonchev–Trinajstić information content (AvgIpc) is 3.45. The second-order valence-electron chi connectivity index (χ2n) is 12.2. The molecule has 4 atom stereocenters. The molecule has 0 N–H and O–H groups in total. The van der Waals surface area contributed by atoms with Crippen molar-refractivity contribution >= 4 is 17.2 Å². The lowest BCUT2D eigenvalue weighted by molar-refractivity contribution is -0.698. The van der Waals surface area contributed by atoms with Gasteiger partial charge in [0.05, 0.1) is 19.7 Å². The summed E-state index contributed by atoms with van der Waals surface area (Å²) in [4.78, 5) is 0. The molecule has 2 aliphatic carbocycles. The fourth-order valence-corrected chi connectivity index (χ4v) is 6.53. The smallest absolute Gasteiger partial charge is 0.232 e. The van der Waals surface area contributed by atoms with Crippen molar-refractivity contribution in [2.45, 2.75) is 78.1 Å². The van der Waals surface area contributed by atoms with Crippen LogP contribution in [0.1, 0.15) is 92.0 Å². The summed E-state index contributed by atoms with van der Waals surface area (Å²) in [5.41, 5.74) is 8.00. The van der Waals surface area contributed by atoms with Crippen molar-refractivity contribution in [2.24, 2.45) is 28.0 Å². The van der Waals surface area contributed by atoms with E-state index >= 15 is 0 Å². The molecule has 1 aliphatic heterocycles. The number of hydrogen-bond acceptors (Lipinski definition) is 2. The standard InChI is InChI=1S/C33H44N3/c1-22-19-29(22)20-32-34-35-33(36(32,5)6)31-21-30(23(2)18-24(31)3)25(4)26-12-10-11-15-28(17-16-26)27-13-8-7-9-14-27/h7-9,13-14,18,21-22,26,28-29H,4,10-12,15-17,19-20H2,1-3,5-6H3/q+1. The van der Waals surface area contributed by atoms with E-state index in [1.54, 1.807) is 0 Å². The minimum absolute atomic E-state index is 0.543. The SMILES string of the molecule is C=C(c1cc(C2=NN=C(CC3CC3C)[N+]2(C)C)c(C)cc1C)C1CCCCC(c2ccccc2)CC1. The Hall–Kier alpha value is -2.52. The molecular weight excluding hydrogens is 438 g/mol. The summed E-state index contributed by atoms with van der Waals surface area (Å²) < 4.78 is 0.668. The Bertz CT molecular complexity index is 1190. The number of benzene rings is 2. The highest BCUT2D eigenvalue weighted by Gasteiger charge is 2.43. The van der Waals surface area contributed by atoms with Crippen LogP contribution in [0.3, 0.4) is 0 Å². The first kappa shape index (κ1) is 25.1. The Balaban J connectivity index is 1.36. The van der Waals surface area contributed by atoms with Crippen LogP contribution in [0.25, 0.3) is 5.57 Å². The lowest BCUT2D eigenvalue weighted by Gasteiger charge is -2.29. The second kappa shape index (κ2) is 10.1. The summed E-state index contributed by atoms with van der Waals surface area (Å²) >= 11 is 0. The molecule has 2 fully saturated rings. The van der Waals surface area contributed by atoms with Crippen molar-refractivity contribution in [1.82, 2.24) is 0 Å². The molecule has 190 valence electrons. The summed E-state index contributed by atoms with van der Waals surface area (Å²) in [7, 11) is 4.51. The van der Waals surface area contributed by atoms with Gasteiger partial charge in [-0.25, -0.2) is 4.48 Å². The summed E-state index contributed by atoms with van der Waals surface area (Å²) in [5, 5.41) is 9.47. The molecule has 36 heavy (non-hydrogen) atoms. The van der Waals surface area contributed by atoms with E-state index < -0.39 is 0 Å². The summed E-state index contributed by atoms with van der Waals surface area (Å²) in [6, 6.07) is 15.9. The van der Waals surface area contributed by atoms with Crippen LogP contribution < -0.4 is 0 Å². The van der Waals surface area contributed by atoms with Crippen molar-refractivity contribution < 1.29 is 4.48 Å². The highest BCUT2D eigenvalue weighted by molar-refractivity contribution is 6.04. The highest BCUT2D eigenvalue weighted by Crippen LogP contribution is 2.43. The van der Waals surface area contributed by atoms with Gasteiger partial charge >= 0.3 is 0 Å². The summed E-state index contributed by atoms with van der Waals surface area (Å²) in [6.45, 7) is 11.5. The maximum Gasteiger partial charge on any atom is 0.260 e. The lowest BCUT2D eigenvalue weighted by atomic mass is 9.77. The molecule has 0 spiro atoms. The molecule has 5 rings (SSSR count). The third-order valence-corrected chi connectivity index (χ3v) is 9.30. The molecule has 0 saturated heterocycles. The number of aryl methyl sites for hydroxylation is 2. The Morgan fingerprint density at radius 2 is 1.67 bits per heavy atom. The average molecular weight is 483 g/mol. The van der Waals surface area contributed by atoms with Crippen molar-refractivity contribution in [2.75, 3.05) is 14.1 Å². The van der Waals surface area contributed by atoms with Gasteiger partial charge in [-0.3, -0.25) is 0 Å². The van der Waals surface area contributed by atoms with Crippen LogP contribution in [0.5, 0.6) is 0 Å². The first-order valence-corrected chi connectivity index (χ1v) is 14.1. The largest absolute Gasteiger partial charge is 0.260 e. The van der Waals surface area contributed by atoms with Gasteiger partial charge in [-0.1, -0.05) is 72.9 Å². The van der Waals surface area contributed by atoms with E-state index in [0.29, 0.717) is 16.3 Å². The third kappa shape index (κ3) is 5.00. The minimum Gasteiger partial charge on any atom is -0.232 e. The molecule has 3 heteroatoms. The maximum absolute atomic E-state index is 4.77. The summed E-state index contributed by atoms with van der Waals surface area (Å²) in [5.74, 6) is 5.11. The number of amidine groups is 2. The van der Waals surface area contributed by atoms with Crippen molar-refractivity contribution in [3.8, 4) is 0 Å². The van der Waals surface area contributed by atoms with E-state index in [1.165, 1.54) is 84.2 Å².